The molecule has 0 amide bonds. The van der Waals surface area contributed by atoms with Crippen LogP contribution >= 0.6 is 0 Å². The second-order valence-electron chi connectivity index (χ2n) is 10.6. The highest BCUT2D eigenvalue weighted by molar-refractivity contribution is 5.83. The molecule has 0 bridgehead atoms. The molecule has 0 aromatic heterocycles. The molecular formula is C27H37ClN4O4. The predicted molar refractivity (Wildman–Crippen MR) is 141 cm³/mol. The fourth-order valence-corrected chi connectivity index (χ4v) is 4.80. The van der Waals surface area contributed by atoms with Crippen molar-refractivity contribution in [1.29, 1.82) is 0 Å². The minimum absolute atomic E-state index is 0. The summed E-state index contributed by atoms with van der Waals surface area (Å²) in [5.74, 6) is 0.451. The summed E-state index contributed by atoms with van der Waals surface area (Å²) in [4.78, 5) is 24.8. The van der Waals surface area contributed by atoms with Crippen molar-refractivity contribution in [3.63, 3.8) is 0 Å². The van der Waals surface area contributed by atoms with Gasteiger partial charge >= 0.3 is 0 Å². The number of hydrogen-bond acceptors (Lipinski definition) is 5. The summed E-state index contributed by atoms with van der Waals surface area (Å²) >= 11 is 0. The van der Waals surface area contributed by atoms with E-state index in [1.54, 1.807) is 24.3 Å². The van der Waals surface area contributed by atoms with Gasteiger partial charge in [-0.25, -0.2) is 9.48 Å². The molecule has 0 atom stereocenters. The third-order valence-electron chi connectivity index (χ3n) is 6.65. The second-order valence-corrected chi connectivity index (χ2v) is 10.6. The van der Waals surface area contributed by atoms with Crippen molar-refractivity contribution in [2.45, 2.75) is 79.1 Å². The van der Waals surface area contributed by atoms with Crippen LogP contribution in [0.25, 0.3) is 0 Å². The van der Waals surface area contributed by atoms with Gasteiger partial charge < -0.3 is 12.4 Å². The van der Waals surface area contributed by atoms with Crippen molar-refractivity contribution in [3.05, 3.63) is 66.7 Å². The Balaban J connectivity index is 0.00000456. The molecule has 2 aromatic rings. The molecule has 8 nitrogen and oxygen atoms in total. The lowest BCUT2D eigenvalue weighted by Gasteiger charge is -2.21. The summed E-state index contributed by atoms with van der Waals surface area (Å²) in [6.07, 6.45) is 2.08. The molecule has 1 aliphatic heterocycles. The number of nitrogens with zero attached hydrogens (tertiary/aromatic N) is 4. The SMILES string of the molecule is CC(C)c1cc([N+](=O)[O-])cc(C(C)C)c1N1C=[N+](c2c(C(C)C)cc([N+](=O)[O-])cc2C(C)C)CC1.[Cl-]. The summed E-state index contributed by atoms with van der Waals surface area (Å²) in [6.45, 7) is 17.9. The van der Waals surface area contributed by atoms with Gasteiger partial charge in [-0.15, -0.1) is 0 Å². The molecule has 1 heterocycles. The van der Waals surface area contributed by atoms with Gasteiger partial charge in [-0.05, 0) is 23.7 Å². The number of halogens is 1. The predicted octanol–water partition coefficient (Wildman–Crippen LogP) is 4.19. The standard InChI is InChI=1S/C27H37N4O4.ClH/c1-16(2)22-11-20(30(32)33)12-23(17(3)4)26(22)28-9-10-29(15-28)27-24(18(5)6)13-21(31(34)35)14-25(27)19(7)8;/h11-19H,9-10H2,1-8H3;1H/q+1;/p-1. The van der Waals surface area contributed by atoms with Crippen LogP contribution in [0.3, 0.4) is 0 Å². The fourth-order valence-electron chi connectivity index (χ4n) is 4.80. The zero-order chi connectivity index (χ0) is 26.2. The van der Waals surface area contributed by atoms with Crippen molar-refractivity contribution >= 4 is 29.1 Å². The molecule has 9 heteroatoms. The molecular weight excluding hydrogens is 480 g/mol. The Bertz CT molecular complexity index is 1130. The minimum atomic E-state index is -0.317. The van der Waals surface area contributed by atoms with Crippen LogP contribution in [0.2, 0.25) is 0 Å². The lowest BCUT2D eigenvalue weighted by molar-refractivity contribution is -0.425. The monoisotopic (exact) mass is 516 g/mol. The zero-order valence-corrected chi connectivity index (χ0v) is 23.2. The highest BCUT2D eigenvalue weighted by Gasteiger charge is 2.34. The van der Waals surface area contributed by atoms with Crippen molar-refractivity contribution in [1.82, 2.24) is 0 Å². The van der Waals surface area contributed by atoms with E-state index in [1.165, 1.54) is 0 Å². The van der Waals surface area contributed by atoms with Gasteiger partial charge in [0.15, 0.2) is 0 Å². The maximum atomic E-state index is 11.6. The number of non-ortho nitro benzene ring substituents is 2. The molecule has 0 saturated carbocycles. The lowest BCUT2D eigenvalue weighted by atomic mass is 9.91. The van der Waals surface area contributed by atoms with Crippen LogP contribution in [0.1, 0.15) is 101 Å². The smallest absolute Gasteiger partial charge is 0.270 e. The van der Waals surface area contributed by atoms with Crippen LogP contribution in [-0.2, 0) is 0 Å². The molecule has 3 rings (SSSR count). The summed E-state index contributed by atoms with van der Waals surface area (Å²) in [6, 6.07) is 6.81. The van der Waals surface area contributed by atoms with Gasteiger partial charge in [-0.1, -0.05) is 55.4 Å². The first-order valence-electron chi connectivity index (χ1n) is 12.4. The van der Waals surface area contributed by atoms with Gasteiger partial charge in [0.05, 0.1) is 9.85 Å². The van der Waals surface area contributed by atoms with Crippen LogP contribution < -0.4 is 17.3 Å². The quantitative estimate of drug-likeness (QED) is 0.298. The third-order valence-corrected chi connectivity index (χ3v) is 6.65. The second kappa shape index (κ2) is 11.4. The molecule has 0 spiro atoms. The van der Waals surface area contributed by atoms with Gasteiger partial charge in [0.1, 0.15) is 24.5 Å². The first-order valence-corrected chi connectivity index (χ1v) is 12.4. The molecule has 2 aromatic carbocycles. The molecule has 0 aliphatic carbocycles. The number of benzene rings is 2. The van der Waals surface area contributed by atoms with Gasteiger partial charge in [-0.2, -0.15) is 0 Å². The maximum absolute atomic E-state index is 11.6. The summed E-state index contributed by atoms with van der Waals surface area (Å²) in [7, 11) is 0. The van der Waals surface area contributed by atoms with E-state index < -0.39 is 0 Å². The maximum Gasteiger partial charge on any atom is 0.270 e. The van der Waals surface area contributed by atoms with Crippen LogP contribution in [0.15, 0.2) is 24.3 Å². The first kappa shape index (κ1) is 29.2. The third kappa shape index (κ3) is 5.69. The Morgan fingerprint density at radius 3 is 1.42 bits per heavy atom. The molecule has 0 saturated heterocycles. The molecule has 1 aliphatic rings. The fraction of sp³-hybridized carbons (Fsp3) is 0.519. The van der Waals surface area contributed by atoms with E-state index in [1.807, 2.05) is 0 Å². The van der Waals surface area contributed by atoms with Crippen LogP contribution in [0, 0.1) is 20.2 Å². The Morgan fingerprint density at radius 1 is 0.722 bits per heavy atom. The average molecular weight is 517 g/mol. The van der Waals surface area contributed by atoms with E-state index in [2.05, 4.69) is 71.2 Å². The summed E-state index contributed by atoms with van der Waals surface area (Å²) in [5.41, 5.74) is 6.13. The zero-order valence-electron chi connectivity index (χ0n) is 22.4. The van der Waals surface area contributed by atoms with E-state index >= 15 is 0 Å². The van der Waals surface area contributed by atoms with E-state index in [-0.39, 0.29) is 57.3 Å². The largest absolute Gasteiger partial charge is 1.00 e. The van der Waals surface area contributed by atoms with E-state index in [0.717, 1.165) is 46.7 Å². The Hall–Kier alpha value is -3.00. The van der Waals surface area contributed by atoms with Crippen LogP contribution in [0.5, 0.6) is 0 Å². The summed E-state index contributed by atoms with van der Waals surface area (Å²) < 4.78 is 2.20. The van der Waals surface area contributed by atoms with Crippen molar-refractivity contribution in [2.75, 3.05) is 18.0 Å². The molecule has 36 heavy (non-hydrogen) atoms. The highest BCUT2D eigenvalue weighted by Crippen LogP contribution is 2.41. The van der Waals surface area contributed by atoms with Crippen LogP contribution in [0.4, 0.5) is 22.7 Å². The highest BCUT2D eigenvalue weighted by atomic mass is 35.5. The van der Waals surface area contributed by atoms with E-state index in [0.29, 0.717) is 0 Å². The normalized spacial score (nSPS) is 13.6. The summed E-state index contributed by atoms with van der Waals surface area (Å²) in [5, 5.41) is 23.3. The van der Waals surface area contributed by atoms with E-state index in [9.17, 15) is 20.2 Å². The van der Waals surface area contributed by atoms with Gasteiger partial charge in [-0.3, -0.25) is 20.2 Å². The van der Waals surface area contributed by atoms with Gasteiger partial charge in [0.25, 0.3) is 11.4 Å². The number of rotatable bonds is 8. The Kier molecular flexibility index (Phi) is 9.23. The van der Waals surface area contributed by atoms with Crippen LogP contribution in [-0.4, -0.2) is 33.9 Å². The topological polar surface area (TPSA) is 92.5 Å². The number of anilines is 1. The molecule has 0 N–H and O–H groups in total. The molecule has 0 fully saturated rings. The minimum Gasteiger partial charge on any atom is -1.00 e. The molecule has 0 unspecified atom stereocenters. The Morgan fingerprint density at radius 2 is 1.08 bits per heavy atom. The van der Waals surface area contributed by atoms with Crippen molar-refractivity contribution < 1.29 is 26.8 Å². The molecule has 196 valence electrons. The van der Waals surface area contributed by atoms with E-state index in [4.69, 9.17) is 0 Å². The Labute approximate surface area is 219 Å². The average Bonchev–Trinajstić information content (AvgIpc) is 3.26. The first-order chi connectivity index (χ1) is 16.3. The number of nitro groups is 2. The number of hydrogen-bond donors (Lipinski definition) is 0. The van der Waals surface area contributed by atoms with Gasteiger partial charge in [0.2, 0.25) is 6.34 Å². The number of nitro benzene ring substituents is 2. The van der Waals surface area contributed by atoms with Crippen molar-refractivity contribution in [3.8, 4) is 0 Å². The van der Waals surface area contributed by atoms with Gasteiger partial charge in [0, 0.05) is 46.5 Å². The lowest BCUT2D eigenvalue weighted by Crippen LogP contribution is -3.00. The van der Waals surface area contributed by atoms with Crippen molar-refractivity contribution in [2.24, 2.45) is 0 Å². The molecule has 0 radical (unpaired) electrons.